The number of pyridine rings is 3. The molecule has 9 heteroatoms. The molecule has 0 saturated heterocycles. The third-order valence-corrected chi connectivity index (χ3v) is 6.47. The average Bonchev–Trinajstić information content (AvgIpc) is 3.35. The van der Waals surface area contributed by atoms with E-state index in [0.717, 1.165) is 24.4 Å². The SMILES string of the molecule is C=COc1ccc(-c2nnc(C3CC(NC(=O)c4ccnc5cccnc45)C3)n2-c2ccccc2)nc1. The van der Waals surface area contributed by atoms with Crippen molar-refractivity contribution in [1.29, 1.82) is 0 Å². The normalized spacial score (nSPS) is 16.6. The monoisotopic (exact) mass is 489 g/mol. The summed E-state index contributed by atoms with van der Waals surface area (Å²) in [6.45, 7) is 3.57. The van der Waals surface area contributed by atoms with Crippen LogP contribution in [-0.4, -0.2) is 41.7 Å². The second kappa shape index (κ2) is 9.62. The Labute approximate surface area is 212 Å². The maximum Gasteiger partial charge on any atom is 0.253 e. The van der Waals surface area contributed by atoms with Crippen molar-refractivity contribution in [2.45, 2.75) is 24.8 Å². The molecule has 37 heavy (non-hydrogen) atoms. The van der Waals surface area contributed by atoms with Gasteiger partial charge in [-0.1, -0.05) is 24.8 Å². The molecule has 4 heterocycles. The number of benzene rings is 1. The predicted octanol–water partition coefficient (Wildman–Crippen LogP) is 4.47. The molecule has 9 nitrogen and oxygen atoms in total. The molecule has 4 aromatic heterocycles. The molecule has 5 aromatic rings. The number of nitrogens with one attached hydrogen (secondary N) is 1. The summed E-state index contributed by atoms with van der Waals surface area (Å²) in [5.74, 6) is 2.08. The van der Waals surface area contributed by atoms with Gasteiger partial charge in [0.25, 0.3) is 5.91 Å². The number of hydrogen-bond donors (Lipinski definition) is 1. The van der Waals surface area contributed by atoms with Crippen LogP contribution in [0.1, 0.15) is 34.9 Å². The summed E-state index contributed by atoms with van der Waals surface area (Å²) in [5.41, 5.74) is 3.46. The zero-order valence-electron chi connectivity index (χ0n) is 19.9. The number of hydrogen-bond acceptors (Lipinski definition) is 7. The number of aromatic nitrogens is 6. The van der Waals surface area contributed by atoms with Gasteiger partial charge in [0.15, 0.2) is 5.82 Å². The molecule has 182 valence electrons. The van der Waals surface area contributed by atoms with Gasteiger partial charge in [-0.05, 0) is 55.3 Å². The highest BCUT2D eigenvalue weighted by Crippen LogP contribution is 2.38. The van der Waals surface area contributed by atoms with Gasteiger partial charge in [-0.25, -0.2) is 4.98 Å². The van der Waals surface area contributed by atoms with Crippen molar-refractivity contribution in [3.8, 4) is 23.0 Å². The van der Waals surface area contributed by atoms with E-state index in [4.69, 9.17) is 4.74 Å². The van der Waals surface area contributed by atoms with Crippen molar-refractivity contribution < 1.29 is 9.53 Å². The molecular weight excluding hydrogens is 466 g/mol. The molecule has 0 bridgehead atoms. The minimum absolute atomic E-state index is 0.0299. The quantitative estimate of drug-likeness (QED) is 0.336. The lowest BCUT2D eigenvalue weighted by atomic mass is 9.79. The molecular formula is C28H23N7O2. The Kier molecular flexibility index (Phi) is 5.86. The van der Waals surface area contributed by atoms with E-state index in [0.29, 0.717) is 33.9 Å². The maximum atomic E-state index is 13.0. The highest BCUT2D eigenvalue weighted by molar-refractivity contribution is 6.04. The van der Waals surface area contributed by atoms with Crippen molar-refractivity contribution in [2.75, 3.05) is 0 Å². The number of para-hydroxylation sites is 1. The Morgan fingerprint density at radius 2 is 1.84 bits per heavy atom. The summed E-state index contributed by atoms with van der Waals surface area (Å²) >= 11 is 0. The van der Waals surface area contributed by atoms with E-state index in [-0.39, 0.29) is 17.9 Å². The van der Waals surface area contributed by atoms with Gasteiger partial charge in [0.1, 0.15) is 22.8 Å². The lowest BCUT2D eigenvalue weighted by Gasteiger charge is -2.35. The first-order valence-electron chi connectivity index (χ1n) is 12.0. The number of carbonyl (C=O) groups is 1. The Morgan fingerprint density at radius 3 is 2.62 bits per heavy atom. The Hall–Kier alpha value is -4.92. The standard InChI is InChI=1S/C28H23N7O2/c1-2-37-21-10-11-24(31-17-21)27-34-33-26(35(27)20-7-4-3-5-8-20)18-15-19(16-18)32-28(36)22-12-14-29-23-9-6-13-30-25(22)23/h2-14,17-19H,1,15-16H2,(H,32,36). The van der Waals surface area contributed by atoms with Crippen LogP contribution < -0.4 is 10.1 Å². The van der Waals surface area contributed by atoms with Gasteiger partial charge < -0.3 is 10.1 Å². The molecule has 1 N–H and O–H groups in total. The fourth-order valence-corrected chi connectivity index (χ4v) is 4.61. The lowest BCUT2D eigenvalue weighted by molar-refractivity contribution is 0.0908. The summed E-state index contributed by atoms with van der Waals surface area (Å²) in [6.07, 6.45) is 7.81. The van der Waals surface area contributed by atoms with Crippen LogP contribution in [0.25, 0.3) is 28.2 Å². The first kappa shape index (κ1) is 22.5. The molecule has 0 atom stereocenters. The minimum atomic E-state index is -0.147. The van der Waals surface area contributed by atoms with E-state index >= 15 is 0 Å². The largest absolute Gasteiger partial charge is 0.464 e. The number of amides is 1. The van der Waals surface area contributed by atoms with Crippen molar-refractivity contribution >= 4 is 16.9 Å². The van der Waals surface area contributed by atoms with E-state index in [9.17, 15) is 4.79 Å². The van der Waals surface area contributed by atoms with Crippen molar-refractivity contribution in [2.24, 2.45) is 0 Å². The second-order valence-corrected chi connectivity index (χ2v) is 8.78. The lowest BCUT2D eigenvalue weighted by Crippen LogP contribution is -2.44. The third-order valence-electron chi connectivity index (χ3n) is 6.47. The van der Waals surface area contributed by atoms with Crippen LogP contribution >= 0.6 is 0 Å². The topological polar surface area (TPSA) is 108 Å². The van der Waals surface area contributed by atoms with E-state index in [2.05, 4.69) is 37.0 Å². The molecule has 1 amide bonds. The van der Waals surface area contributed by atoms with Crippen LogP contribution in [0.15, 0.2) is 92.1 Å². The molecule has 0 unspecified atom stereocenters. The third kappa shape index (κ3) is 4.31. The molecule has 0 aliphatic heterocycles. The zero-order valence-corrected chi connectivity index (χ0v) is 19.9. The number of fused-ring (bicyclic) bond motifs is 1. The van der Waals surface area contributed by atoms with E-state index in [1.165, 1.54) is 6.26 Å². The van der Waals surface area contributed by atoms with Gasteiger partial charge in [-0.15, -0.1) is 10.2 Å². The van der Waals surface area contributed by atoms with Gasteiger partial charge in [0.05, 0.1) is 23.5 Å². The van der Waals surface area contributed by atoms with Crippen LogP contribution in [0.4, 0.5) is 0 Å². The summed E-state index contributed by atoms with van der Waals surface area (Å²) < 4.78 is 7.34. The Morgan fingerprint density at radius 1 is 0.973 bits per heavy atom. The van der Waals surface area contributed by atoms with Gasteiger partial charge >= 0.3 is 0 Å². The Balaban J connectivity index is 1.23. The number of nitrogens with zero attached hydrogens (tertiary/aromatic N) is 6. The van der Waals surface area contributed by atoms with Crippen LogP contribution in [-0.2, 0) is 0 Å². The molecule has 1 aliphatic rings. The van der Waals surface area contributed by atoms with Crippen molar-refractivity contribution in [3.05, 3.63) is 103 Å². The summed E-state index contributed by atoms with van der Waals surface area (Å²) in [4.78, 5) is 26.2. The molecule has 1 aliphatic carbocycles. The van der Waals surface area contributed by atoms with Gasteiger partial charge in [-0.2, -0.15) is 0 Å². The van der Waals surface area contributed by atoms with Gasteiger partial charge in [-0.3, -0.25) is 19.3 Å². The highest BCUT2D eigenvalue weighted by Gasteiger charge is 2.36. The van der Waals surface area contributed by atoms with Crippen LogP contribution in [0.5, 0.6) is 5.75 Å². The minimum Gasteiger partial charge on any atom is -0.464 e. The first-order chi connectivity index (χ1) is 18.2. The van der Waals surface area contributed by atoms with Crippen molar-refractivity contribution in [1.82, 2.24) is 35.0 Å². The Bertz CT molecular complexity index is 1570. The molecule has 0 spiro atoms. The van der Waals surface area contributed by atoms with E-state index in [1.807, 2.05) is 59.2 Å². The molecule has 1 saturated carbocycles. The van der Waals surface area contributed by atoms with Crippen LogP contribution in [0, 0.1) is 0 Å². The van der Waals surface area contributed by atoms with Crippen molar-refractivity contribution in [3.63, 3.8) is 0 Å². The number of carbonyl (C=O) groups excluding carboxylic acids is 1. The second-order valence-electron chi connectivity index (χ2n) is 8.78. The van der Waals surface area contributed by atoms with Crippen LogP contribution in [0.3, 0.4) is 0 Å². The number of ether oxygens (including phenoxy) is 1. The first-order valence-corrected chi connectivity index (χ1v) is 12.0. The summed E-state index contributed by atoms with van der Waals surface area (Å²) in [5, 5.41) is 12.2. The number of rotatable bonds is 7. The zero-order chi connectivity index (χ0) is 25.2. The predicted molar refractivity (Wildman–Crippen MR) is 138 cm³/mol. The van der Waals surface area contributed by atoms with E-state index < -0.39 is 0 Å². The van der Waals surface area contributed by atoms with Gasteiger partial charge in [0, 0.05) is 30.0 Å². The molecule has 1 aromatic carbocycles. The smallest absolute Gasteiger partial charge is 0.253 e. The molecule has 1 fully saturated rings. The molecule has 0 radical (unpaired) electrons. The average molecular weight is 490 g/mol. The van der Waals surface area contributed by atoms with Crippen LogP contribution in [0.2, 0.25) is 0 Å². The fraction of sp³-hybridized carbons (Fsp3) is 0.143. The van der Waals surface area contributed by atoms with E-state index in [1.54, 1.807) is 24.7 Å². The highest BCUT2D eigenvalue weighted by atomic mass is 16.5. The van der Waals surface area contributed by atoms with Gasteiger partial charge in [0.2, 0.25) is 0 Å². The maximum absolute atomic E-state index is 13.0. The summed E-state index contributed by atoms with van der Waals surface area (Å²) in [7, 11) is 0. The summed E-state index contributed by atoms with van der Waals surface area (Å²) in [6, 6.07) is 19.0. The molecule has 6 rings (SSSR count). The fourth-order valence-electron chi connectivity index (χ4n) is 4.61.